The Hall–Kier alpha value is -2.27. The molecule has 1 aliphatic heterocycles. The van der Waals surface area contributed by atoms with Gasteiger partial charge in [0.25, 0.3) is 0 Å². The molecule has 0 atom stereocenters. The van der Waals surface area contributed by atoms with Crippen molar-refractivity contribution in [3.63, 3.8) is 0 Å². The van der Waals surface area contributed by atoms with Gasteiger partial charge in [-0.3, -0.25) is 0 Å². The molecule has 0 aliphatic carbocycles. The maximum absolute atomic E-state index is 13.5. The molecular formula is C20H18ClF2N3O3S2. The minimum Gasteiger partial charge on any atom is -0.495 e. The Morgan fingerprint density at radius 2 is 1.81 bits per heavy atom. The van der Waals surface area contributed by atoms with Gasteiger partial charge in [-0.25, -0.2) is 22.2 Å². The summed E-state index contributed by atoms with van der Waals surface area (Å²) in [5.74, 6) is -1.60. The van der Waals surface area contributed by atoms with E-state index in [9.17, 15) is 17.2 Å². The highest BCUT2D eigenvalue weighted by Gasteiger charge is 2.31. The van der Waals surface area contributed by atoms with E-state index >= 15 is 0 Å². The first kappa shape index (κ1) is 21.9. The fourth-order valence-electron chi connectivity index (χ4n) is 3.31. The number of aromatic nitrogens is 1. The van der Waals surface area contributed by atoms with Gasteiger partial charge in [0.1, 0.15) is 10.6 Å². The van der Waals surface area contributed by atoms with Gasteiger partial charge in [-0.1, -0.05) is 11.6 Å². The van der Waals surface area contributed by atoms with Gasteiger partial charge in [0.15, 0.2) is 16.8 Å². The molecule has 0 unspecified atom stereocenters. The molecule has 0 spiro atoms. The van der Waals surface area contributed by atoms with E-state index in [-0.39, 0.29) is 23.7 Å². The van der Waals surface area contributed by atoms with Crippen LogP contribution in [0.15, 0.2) is 46.7 Å². The Kier molecular flexibility index (Phi) is 6.16. The van der Waals surface area contributed by atoms with Gasteiger partial charge >= 0.3 is 0 Å². The molecule has 164 valence electrons. The monoisotopic (exact) mass is 485 g/mol. The summed E-state index contributed by atoms with van der Waals surface area (Å²) in [6.45, 7) is 1.40. The van der Waals surface area contributed by atoms with Crippen molar-refractivity contribution in [1.82, 2.24) is 9.29 Å². The summed E-state index contributed by atoms with van der Waals surface area (Å²) in [6.07, 6.45) is 0. The third-order valence-corrected chi connectivity index (χ3v) is 8.02. The number of anilines is 1. The Balaban J connectivity index is 1.49. The number of nitrogens with zero attached hydrogens (tertiary/aromatic N) is 3. The van der Waals surface area contributed by atoms with Crippen molar-refractivity contribution in [3.05, 3.63) is 58.4 Å². The van der Waals surface area contributed by atoms with Crippen LogP contribution in [0.3, 0.4) is 0 Å². The van der Waals surface area contributed by atoms with E-state index in [0.717, 1.165) is 12.1 Å². The first-order valence-electron chi connectivity index (χ1n) is 9.29. The fourth-order valence-corrected chi connectivity index (χ4v) is 6.04. The van der Waals surface area contributed by atoms with E-state index in [1.807, 2.05) is 4.90 Å². The zero-order valence-electron chi connectivity index (χ0n) is 16.4. The van der Waals surface area contributed by atoms with Crippen LogP contribution in [-0.2, 0) is 10.0 Å². The highest BCUT2D eigenvalue weighted by Crippen LogP contribution is 2.32. The molecule has 1 aromatic heterocycles. The number of sulfonamides is 1. The number of methoxy groups -OCH3 is 1. The van der Waals surface area contributed by atoms with E-state index in [0.29, 0.717) is 34.5 Å². The van der Waals surface area contributed by atoms with Gasteiger partial charge in [-0.2, -0.15) is 4.31 Å². The van der Waals surface area contributed by atoms with E-state index in [4.69, 9.17) is 16.3 Å². The largest absolute Gasteiger partial charge is 0.495 e. The molecule has 1 aliphatic rings. The smallest absolute Gasteiger partial charge is 0.246 e. The van der Waals surface area contributed by atoms with Gasteiger partial charge < -0.3 is 9.64 Å². The lowest BCUT2D eigenvalue weighted by atomic mass is 10.2. The Bertz CT molecular complexity index is 1210. The van der Waals surface area contributed by atoms with Crippen LogP contribution < -0.4 is 9.64 Å². The van der Waals surface area contributed by atoms with Crippen molar-refractivity contribution in [2.24, 2.45) is 0 Å². The van der Waals surface area contributed by atoms with Crippen LogP contribution in [-0.4, -0.2) is 51.0 Å². The highest BCUT2D eigenvalue weighted by atomic mass is 35.5. The Morgan fingerprint density at radius 3 is 2.48 bits per heavy atom. The molecule has 6 nitrogen and oxygen atoms in total. The quantitative estimate of drug-likeness (QED) is 0.540. The number of ether oxygens (including phenoxy) is 1. The maximum atomic E-state index is 13.5. The van der Waals surface area contributed by atoms with Crippen LogP contribution in [0.2, 0.25) is 5.02 Å². The molecule has 0 radical (unpaired) electrons. The minimum absolute atomic E-state index is 0.0332. The van der Waals surface area contributed by atoms with Crippen molar-refractivity contribution >= 4 is 38.1 Å². The lowest BCUT2D eigenvalue weighted by Crippen LogP contribution is -2.48. The van der Waals surface area contributed by atoms with Crippen LogP contribution in [0.4, 0.5) is 13.9 Å². The topological polar surface area (TPSA) is 62.7 Å². The Labute approximate surface area is 187 Å². The van der Waals surface area contributed by atoms with E-state index < -0.39 is 21.7 Å². The standard InChI is InChI=1S/C20H18ClF2N3O3S2/c1-29-18-5-3-14(21)11-19(18)31(27,28)26-8-6-25(7-9-26)20-24-17(12-30-20)13-2-4-15(22)16(23)10-13/h2-5,10-12H,6-9H2,1H3. The maximum Gasteiger partial charge on any atom is 0.246 e. The number of thiazole rings is 1. The highest BCUT2D eigenvalue weighted by molar-refractivity contribution is 7.89. The third-order valence-electron chi connectivity index (χ3n) is 4.96. The first-order chi connectivity index (χ1) is 14.8. The second-order valence-corrected chi connectivity index (χ2v) is 10.0. The molecule has 3 aromatic rings. The zero-order chi connectivity index (χ0) is 22.2. The second kappa shape index (κ2) is 8.70. The Morgan fingerprint density at radius 1 is 1.06 bits per heavy atom. The number of benzene rings is 2. The van der Waals surface area contributed by atoms with Crippen molar-refractivity contribution in [3.8, 4) is 17.0 Å². The van der Waals surface area contributed by atoms with Gasteiger partial charge in [0.05, 0.1) is 12.8 Å². The molecule has 0 N–H and O–H groups in total. The summed E-state index contributed by atoms with van der Waals surface area (Å²) in [5, 5.41) is 2.77. The summed E-state index contributed by atoms with van der Waals surface area (Å²) in [4.78, 5) is 6.51. The van der Waals surface area contributed by atoms with E-state index in [2.05, 4.69) is 4.98 Å². The summed E-state index contributed by atoms with van der Waals surface area (Å²) >= 11 is 7.36. The molecular weight excluding hydrogens is 468 g/mol. The molecule has 1 fully saturated rings. The summed E-state index contributed by atoms with van der Waals surface area (Å²) in [6, 6.07) is 8.14. The van der Waals surface area contributed by atoms with Gasteiger partial charge in [-0.05, 0) is 36.4 Å². The van der Waals surface area contributed by atoms with Crippen molar-refractivity contribution in [2.75, 3.05) is 38.2 Å². The molecule has 4 rings (SSSR count). The van der Waals surface area contributed by atoms with Crippen LogP contribution >= 0.6 is 22.9 Å². The summed E-state index contributed by atoms with van der Waals surface area (Å²) in [5.41, 5.74) is 1.02. The molecule has 2 heterocycles. The molecule has 11 heteroatoms. The van der Waals surface area contributed by atoms with Gasteiger partial charge in [-0.15, -0.1) is 11.3 Å². The average Bonchev–Trinajstić information content (AvgIpc) is 3.26. The van der Waals surface area contributed by atoms with Gasteiger partial charge in [0, 0.05) is 42.1 Å². The number of rotatable bonds is 5. The normalized spacial score (nSPS) is 15.3. The molecule has 0 bridgehead atoms. The molecule has 2 aromatic carbocycles. The minimum atomic E-state index is -3.78. The van der Waals surface area contributed by atoms with E-state index in [1.54, 1.807) is 11.4 Å². The van der Waals surface area contributed by atoms with Crippen molar-refractivity contribution in [2.45, 2.75) is 4.90 Å². The van der Waals surface area contributed by atoms with Crippen LogP contribution in [0.5, 0.6) is 5.75 Å². The summed E-state index contributed by atoms with van der Waals surface area (Å²) in [7, 11) is -2.37. The predicted octanol–water partition coefficient (Wildman–Crippen LogP) is 4.26. The van der Waals surface area contributed by atoms with E-state index in [1.165, 1.54) is 41.0 Å². The predicted molar refractivity (Wildman–Crippen MR) is 116 cm³/mol. The zero-order valence-corrected chi connectivity index (χ0v) is 18.8. The lowest BCUT2D eigenvalue weighted by molar-refractivity contribution is 0.374. The first-order valence-corrected chi connectivity index (χ1v) is 12.0. The number of halogens is 3. The molecule has 0 amide bonds. The van der Waals surface area contributed by atoms with Crippen molar-refractivity contribution < 1.29 is 21.9 Å². The van der Waals surface area contributed by atoms with Gasteiger partial charge in [0.2, 0.25) is 10.0 Å². The average molecular weight is 486 g/mol. The molecule has 0 saturated carbocycles. The SMILES string of the molecule is COc1ccc(Cl)cc1S(=O)(=O)N1CCN(c2nc(-c3ccc(F)c(F)c3)cs2)CC1. The third kappa shape index (κ3) is 4.38. The van der Waals surface area contributed by atoms with Crippen LogP contribution in [0, 0.1) is 11.6 Å². The number of piperazine rings is 1. The second-order valence-electron chi connectivity index (χ2n) is 6.83. The number of hydrogen-bond acceptors (Lipinski definition) is 6. The van der Waals surface area contributed by atoms with Crippen molar-refractivity contribution in [1.29, 1.82) is 0 Å². The molecule has 1 saturated heterocycles. The van der Waals surface area contributed by atoms with Crippen LogP contribution in [0.25, 0.3) is 11.3 Å². The molecule has 31 heavy (non-hydrogen) atoms. The fraction of sp³-hybridized carbons (Fsp3) is 0.250. The van der Waals surface area contributed by atoms with Crippen LogP contribution in [0.1, 0.15) is 0 Å². The number of hydrogen-bond donors (Lipinski definition) is 0. The summed E-state index contributed by atoms with van der Waals surface area (Å²) < 4.78 is 59.5. The lowest BCUT2D eigenvalue weighted by Gasteiger charge is -2.34.